The molecule has 0 saturated heterocycles. The summed E-state index contributed by atoms with van der Waals surface area (Å²) in [6, 6.07) is 4.02. The quantitative estimate of drug-likeness (QED) is 0.866. The van der Waals surface area contributed by atoms with E-state index in [0.717, 1.165) is 0 Å². The van der Waals surface area contributed by atoms with E-state index < -0.39 is 6.61 Å². The fourth-order valence-electron chi connectivity index (χ4n) is 0.965. The van der Waals surface area contributed by atoms with E-state index in [2.05, 4.69) is 26.0 Å². The number of rotatable bonds is 4. The number of halogens is 4. The van der Waals surface area contributed by atoms with Gasteiger partial charge in [0, 0.05) is 5.69 Å². The van der Waals surface area contributed by atoms with Crippen molar-refractivity contribution in [1.29, 1.82) is 0 Å². The molecule has 3 nitrogen and oxygen atoms in total. The van der Waals surface area contributed by atoms with Gasteiger partial charge in [-0.1, -0.05) is 27.5 Å². The van der Waals surface area contributed by atoms with Crippen molar-refractivity contribution in [2.75, 3.05) is 10.6 Å². The molecule has 88 valence electrons. The number of hydrogen-bond donors (Lipinski definition) is 1. The van der Waals surface area contributed by atoms with Gasteiger partial charge in [0.05, 0.1) is 10.4 Å². The summed E-state index contributed by atoms with van der Waals surface area (Å²) >= 11 is 8.65. The molecule has 1 amide bonds. The van der Waals surface area contributed by atoms with Gasteiger partial charge in [-0.25, -0.2) is 0 Å². The van der Waals surface area contributed by atoms with Crippen molar-refractivity contribution < 1.29 is 18.3 Å². The summed E-state index contributed by atoms with van der Waals surface area (Å²) in [4.78, 5) is 11.0. The van der Waals surface area contributed by atoms with Gasteiger partial charge in [-0.3, -0.25) is 4.79 Å². The number of amides is 1. The third-order valence-corrected chi connectivity index (χ3v) is 2.36. The Bertz CT molecular complexity index is 390. The SMILES string of the molecule is O=C(CBr)Nc1ccc(OC(F)F)c(Cl)c1. The molecule has 0 heterocycles. The van der Waals surface area contributed by atoms with Crippen molar-refractivity contribution in [1.82, 2.24) is 0 Å². The Morgan fingerprint density at radius 2 is 2.25 bits per heavy atom. The van der Waals surface area contributed by atoms with Crippen LogP contribution in [0.2, 0.25) is 5.02 Å². The third kappa shape index (κ3) is 3.94. The molecule has 0 fully saturated rings. The van der Waals surface area contributed by atoms with Crippen LogP contribution in [0.1, 0.15) is 0 Å². The molecule has 16 heavy (non-hydrogen) atoms. The first kappa shape index (κ1) is 13.2. The van der Waals surface area contributed by atoms with E-state index in [4.69, 9.17) is 11.6 Å². The van der Waals surface area contributed by atoms with E-state index in [0.29, 0.717) is 5.69 Å². The lowest BCUT2D eigenvalue weighted by Crippen LogP contribution is -2.12. The van der Waals surface area contributed by atoms with E-state index in [1.165, 1.54) is 18.2 Å². The highest BCUT2D eigenvalue weighted by atomic mass is 79.9. The summed E-state index contributed by atoms with van der Waals surface area (Å²) in [7, 11) is 0. The smallest absolute Gasteiger partial charge is 0.387 e. The first-order valence-corrected chi connectivity index (χ1v) is 5.63. The predicted molar refractivity (Wildman–Crippen MR) is 60.5 cm³/mol. The highest BCUT2D eigenvalue weighted by Gasteiger charge is 2.09. The molecule has 0 saturated carbocycles. The highest BCUT2D eigenvalue weighted by molar-refractivity contribution is 9.09. The molecule has 0 bridgehead atoms. The van der Waals surface area contributed by atoms with Crippen LogP contribution in [0.4, 0.5) is 14.5 Å². The molecule has 0 unspecified atom stereocenters. The molecule has 0 radical (unpaired) electrons. The van der Waals surface area contributed by atoms with Gasteiger partial charge in [-0.05, 0) is 18.2 Å². The minimum absolute atomic E-state index is 0.00710. The lowest BCUT2D eigenvalue weighted by Gasteiger charge is -2.08. The maximum atomic E-state index is 11.9. The van der Waals surface area contributed by atoms with Crippen LogP contribution in [0, 0.1) is 0 Å². The molecule has 0 aliphatic rings. The fourth-order valence-corrected chi connectivity index (χ4v) is 1.33. The van der Waals surface area contributed by atoms with Crippen LogP contribution >= 0.6 is 27.5 Å². The molecule has 0 aromatic heterocycles. The second-order valence-corrected chi connectivity index (χ2v) is 3.67. The van der Waals surface area contributed by atoms with E-state index in [9.17, 15) is 13.6 Å². The van der Waals surface area contributed by atoms with Crippen molar-refractivity contribution in [2.45, 2.75) is 6.61 Å². The predicted octanol–water partition coefficient (Wildman–Crippen LogP) is 3.27. The lowest BCUT2D eigenvalue weighted by atomic mass is 10.3. The maximum Gasteiger partial charge on any atom is 0.387 e. The first-order valence-electron chi connectivity index (χ1n) is 4.13. The normalized spacial score (nSPS) is 10.3. The van der Waals surface area contributed by atoms with Crippen molar-refractivity contribution in [3.05, 3.63) is 23.2 Å². The Balaban J connectivity index is 2.78. The molecule has 0 spiro atoms. The van der Waals surface area contributed by atoms with Crippen LogP contribution in [0.3, 0.4) is 0 Å². The third-order valence-electron chi connectivity index (χ3n) is 1.55. The van der Waals surface area contributed by atoms with Crippen LogP contribution < -0.4 is 10.1 Å². The topological polar surface area (TPSA) is 38.3 Å². The largest absolute Gasteiger partial charge is 0.433 e. The summed E-state index contributed by atoms with van der Waals surface area (Å²) in [5.41, 5.74) is 0.413. The Labute approximate surface area is 104 Å². The monoisotopic (exact) mass is 313 g/mol. The molecule has 0 atom stereocenters. The van der Waals surface area contributed by atoms with Crippen molar-refractivity contribution >= 4 is 39.1 Å². The number of ether oxygens (including phenoxy) is 1. The minimum Gasteiger partial charge on any atom is -0.433 e. The van der Waals surface area contributed by atoms with Crippen LogP contribution in [0.15, 0.2) is 18.2 Å². The molecular formula is C9H7BrClF2NO2. The number of alkyl halides is 3. The van der Waals surface area contributed by atoms with Crippen LogP contribution in [-0.4, -0.2) is 17.8 Å². The average Bonchev–Trinajstić information content (AvgIpc) is 2.21. The fraction of sp³-hybridized carbons (Fsp3) is 0.222. The number of hydrogen-bond acceptors (Lipinski definition) is 2. The van der Waals surface area contributed by atoms with Gasteiger partial charge >= 0.3 is 6.61 Å². The second kappa shape index (κ2) is 6.00. The number of anilines is 1. The van der Waals surface area contributed by atoms with Crippen LogP contribution in [0.5, 0.6) is 5.75 Å². The van der Waals surface area contributed by atoms with Crippen molar-refractivity contribution in [2.24, 2.45) is 0 Å². The van der Waals surface area contributed by atoms with Gasteiger partial charge < -0.3 is 10.1 Å². The summed E-state index contributed by atoms with van der Waals surface area (Å²) in [5.74, 6) is -0.396. The van der Waals surface area contributed by atoms with Gasteiger partial charge in [0.15, 0.2) is 0 Å². The second-order valence-electron chi connectivity index (χ2n) is 2.71. The number of benzene rings is 1. The number of nitrogens with one attached hydrogen (secondary N) is 1. The summed E-state index contributed by atoms with van der Waals surface area (Å²) in [6.45, 7) is -2.93. The molecule has 0 aliphatic carbocycles. The van der Waals surface area contributed by atoms with Gasteiger partial charge in [0.25, 0.3) is 0 Å². The summed E-state index contributed by atoms with van der Waals surface area (Å²) in [6.07, 6.45) is 0. The summed E-state index contributed by atoms with van der Waals surface area (Å²) < 4.78 is 28.0. The first-order chi connectivity index (χ1) is 7.52. The molecule has 1 aromatic rings. The van der Waals surface area contributed by atoms with E-state index in [1.807, 2.05) is 0 Å². The molecule has 0 aliphatic heterocycles. The van der Waals surface area contributed by atoms with E-state index in [1.54, 1.807) is 0 Å². The van der Waals surface area contributed by atoms with Crippen molar-refractivity contribution in [3.63, 3.8) is 0 Å². The Morgan fingerprint density at radius 3 is 2.75 bits per heavy atom. The Morgan fingerprint density at radius 1 is 1.56 bits per heavy atom. The molecule has 1 aromatic carbocycles. The van der Waals surface area contributed by atoms with Gasteiger partial charge in [-0.2, -0.15) is 8.78 Å². The standard InChI is InChI=1S/C9H7BrClF2NO2/c10-4-8(15)14-5-1-2-7(6(11)3-5)16-9(12)13/h1-3,9H,4H2,(H,14,15). The van der Waals surface area contributed by atoms with Crippen LogP contribution in [0.25, 0.3) is 0 Å². The van der Waals surface area contributed by atoms with E-state index in [-0.39, 0.29) is 22.0 Å². The zero-order chi connectivity index (χ0) is 12.1. The number of carbonyl (C=O) groups is 1. The Hall–Kier alpha value is -0.880. The molecule has 1 rings (SSSR count). The van der Waals surface area contributed by atoms with Crippen molar-refractivity contribution in [3.8, 4) is 5.75 Å². The Kier molecular flexibility index (Phi) is 4.95. The van der Waals surface area contributed by atoms with Gasteiger partial charge in [0.1, 0.15) is 5.75 Å². The minimum atomic E-state index is -2.93. The lowest BCUT2D eigenvalue weighted by molar-refractivity contribution is -0.113. The van der Waals surface area contributed by atoms with E-state index >= 15 is 0 Å². The summed E-state index contributed by atoms with van der Waals surface area (Å²) in [5, 5.41) is 2.65. The number of carbonyl (C=O) groups excluding carboxylic acids is 1. The van der Waals surface area contributed by atoms with Crippen LogP contribution in [-0.2, 0) is 4.79 Å². The zero-order valence-corrected chi connectivity index (χ0v) is 10.2. The van der Waals surface area contributed by atoms with Gasteiger partial charge in [-0.15, -0.1) is 0 Å². The van der Waals surface area contributed by atoms with Gasteiger partial charge in [0.2, 0.25) is 5.91 Å². The molecule has 7 heteroatoms. The average molecular weight is 315 g/mol. The maximum absolute atomic E-state index is 11.9. The molecular weight excluding hydrogens is 307 g/mol. The molecule has 1 N–H and O–H groups in total. The zero-order valence-electron chi connectivity index (χ0n) is 7.84. The highest BCUT2D eigenvalue weighted by Crippen LogP contribution is 2.28.